The molecule has 1 aromatic carbocycles. The van der Waals surface area contributed by atoms with Crippen LogP contribution in [0.15, 0.2) is 24.3 Å². The number of benzene rings is 1. The van der Waals surface area contributed by atoms with Crippen LogP contribution in [-0.4, -0.2) is 34.1 Å². The van der Waals surface area contributed by atoms with Gasteiger partial charge in [-0.3, -0.25) is 0 Å². The van der Waals surface area contributed by atoms with Crippen molar-refractivity contribution in [3.05, 3.63) is 35.4 Å². The third kappa shape index (κ3) is 2.90. The summed E-state index contributed by atoms with van der Waals surface area (Å²) in [6, 6.07) is 6.82. The van der Waals surface area contributed by atoms with E-state index in [1.54, 1.807) is 18.2 Å². The first-order valence-corrected chi connectivity index (χ1v) is 3.00. The van der Waals surface area contributed by atoms with Gasteiger partial charge in [-0.1, -0.05) is 17.7 Å². The minimum absolute atomic E-state index is 0. The number of hydrogen-bond acceptors (Lipinski definition) is 1. The molecule has 0 bridgehead atoms. The van der Waals surface area contributed by atoms with Gasteiger partial charge in [0.25, 0.3) is 0 Å². The van der Waals surface area contributed by atoms with E-state index < -0.39 is 5.97 Å². The maximum atomic E-state index is 10.4. The molecule has 0 fully saturated rings. The Morgan fingerprint density at radius 1 is 1.55 bits per heavy atom. The zero-order valence-electron chi connectivity index (χ0n) is 8.37. The van der Waals surface area contributed by atoms with E-state index in [4.69, 9.17) is 5.11 Å². The molecule has 1 N–H and O–H groups in total. The molecule has 0 spiro atoms. The van der Waals surface area contributed by atoms with E-state index in [1.165, 1.54) is 0 Å². The Morgan fingerprint density at radius 3 is 2.55 bits per heavy atom. The molecule has 0 saturated heterocycles. The second-order valence-electron chi connectivity index (χ2n) is 2.17. The Labute approximate surface area is 84.4 Å². The second-order valence-corrected chi connectivity index (χ2v) is 2.17. The summed E-state index contributed by atoms with van der Waals surface area (Å²) >= 11 is 0. The van der Waals surface area contributed by atoms with Crippen molar-refractivity contribution in [3.8, 4) is 0 Å². The topological polar surface area (TPSA) is 37.3 Å². The molecule has 0 aliphatic heterocycles. The summed E-state index contributed by atoms with van der Waals surface area (Å²) in [5, 5.41) is 8.51. The van der Waals surface area contributed by atoms with E-state index in [2.05, 4.69) is 0 Å². The first-order chi connectivity index (χ1) is 4.70. The molecule has 0 radical (unpaired) electrons. The van der Waals surface area contributed by atoms with Crippen LogP contribution in [0.2, 0.25) is 0 Å². The number of carboxylic acid groups (broad SMARTS) is 1. The van der Waals surface area contributed by atoms with Gasteiger partial charge < -0.3 is 7.96 Å². The fraction of sp³-hybridized carbons (Fsp3) is 0.125. The van der Waals surface area contributed by atoms with Gasteiger partial charge >= 0.3 is 29.0 Å². The summed E-state index contributed by atoms with van der Waals surface area (Å²) in [5.74, 6) is -0.872. The Balaban J connectivity index is -0.000000333. The number of aromatic carboxylic acids is 1. The van der Waals surface area contributed by atoms with Crippen molar-refractivity contribution < 1.29 is 12.8 Å². The molecule has 0 unspecified atom stereocenters. The molecule has 1 rings (SSSR count). The van der Waals surface area contributed by atoms with Crippen LogP contribution in [0.1, 0.15) is 18.8 Å². The van der Waals surface area contributed by atoms with Crippen LogP contribution in [0.3, 0.4) is 0 Å². The second kappa shape index (κ2) is 4.36. The van der Waals surface area contributed by atoms with Crippen molar-refractivity contribution in [2.75, 3.05) is 0 Å². The molecule has 0 amide bonds. The Hall–Kier alpha value is -0.544. The number of carboxylic acids is 1. The van der Waals surface area contributed by atoms with Gasteiger partial charge in [0.2, 0.25) is 0 Å². The molecule has 0 aromatic heterocycles. The first-order valence-electron chi connectivity index (χ1n) is 3.00. The van der Waals surface area contributed by atoms with E-state index >= 15 is 0 Å². The van der Waals surface area contributed by atoms with Crippen LogP contribution in [-0.2, 0) is 0 Å². The fourth-order valence-electron chi connectivity index (χ4n) is 0.778. The molecule has 56 valence electrons. The van der Waals surface area contributed by atoms with Crippen molar-refractivity contribution in [1.82, 2.24) is 0 Å². The quantitative estimate of drug-likeness (QED) is 0.636. The van der Waals surface area contributed by atoms with Crippen molar-refractivity contribution in [2.24, 2.45) is 0 Å². The van der Waals surface area contributed by atoms with Gasteiger partial charge in [0.15, 0.2) is 0 Å². The van der Waals surface area contributed by atoms with E-state index in [-0.39, 0.29) is 25.9 Å². The summed E-state index contributed by atoms with van der Waals surface area (Å²) in [4.78, 5) is 10.4. The smallest absolute Gasteiger partial charge is 1.00 e. The molecule has 0 aliphatic carbocycles. The molecule has 1 aromatic rings. The van der Waals surface area contributed by atoms with Crippen molar-refractivity contribution in [1.29, 1.82) is 0 Å². The predicted molar refractivity (Wildman–Crippen MR) is 46.1 cm³/mol. The van der Waals surface area contributed by atoms with Crippen molar-refractivity contribution >= 4 is 29.0 Å². The van der Waals surface area contributed by atoms with Crippen LogP contribution in [0.5, 0.6) is 0 Å². The summed E-state index contributed by atoms with van der Waals surface area (Å²) in [6.45, 7) is 1.87. The molecule has 3 heteroatoms. The SMILES string of the molecule is Cc1cccc(C(=O)O)c1.[H-].[H-].[Mg+2]. The maximum Gasteiger partial charge on any atom is 2.00 e. The molecular formula is C8H10MgO2. The minimum Gasteiger partial charge on any atom is -1.00 e. The zero-order chi connectivity index (χ0) is 7.56. The van der Waals surface area contributed by atoms with Crippen LogP contribution >= 0.6 is 0 Å². The van der Waals surface area contributed by atoms with Gasteiger partial charge in [-0.15, -0.1) is 0 Å². The fourth-order valence-corrected chi connectivity index (χ4v) is 0.778. The largest absolute Gasteiger partial charge is 2.00 e. The zero-order valence-corrected chi connectivity index (χ0v) is 7.79. The monoisotopic (exact) mass is 162 g/mol. The maximum absolute atomic E-state index is 10.4. The van der Waals surface area contributed by atoms with E-state index in [9.17, 15) is 4.79 Å². The van der Waals surface area contributed by atoms with Crippen LogP contribution in [0.25, 0.3) is 0 Å². The average Bonchev–Trinajstić information content (AvgIpc) is 1.88. The average molecular weight is 162 g/mol. The van der Waals surface area contributed by atoms with Crippen LogP contribution < -0.4 is 0 Å². The molecular weight excluding hydrogens is 152 g/mol. The van der Waals surface area contributed by atoms with E-state index in [1.807, 2.05) is 13.0 Å². The molecule has 11 heavy (non-hydrogen) atoms. The van der Waals surface area contributed by atoms with Gasteiger partial charge in [0.1, 0.15) is 0 Å². The summed E-state index contributed by atoms with van der Waals surface area (Å²) in [5.41, 5.74) is 1.32. The van der Waals surface area contributed by atoms with Gasteiger partial charge in [-0.25, -0.2) is 4.79 Å². The Bertz CT molecular complexity index is 266. The first kappa shape index (κ1) is 10.5. The molecule has 0 aliphatic rings. The summed E-state index contributed by atoms with van der Waals surface area (Å²) < 4.78 is 0. The van der Waals surface area contributed by atoms with Gasteiger partial charge in [-0.2, -0.15) is 0 Å². The third-order valence-corrected chi connectivity index (χ3v) is 1.27. The predicted octanol–water partition coefficient (Wildman–Crippen LogP) is 1.54. The number of aryl methyl sites for hydroxylation is 1. The van der Waals surface area contributed by atoms with E-state index in [0.717, 1.165) is 5.56 Å². The Kier molecular flexibility index (Phi) is 4.14. The number of rotatable bonds is 1. The number of carbonyl (C=O) groups is 1. The minimum atomic E-state index is -0.872. The standard InChI is InChI=1S/C8H8O2.Mg.2H/c1-6-3-2-4-7(5-6)8(9)10;;;/h2-5H,1H3,(H,9,10);;;/q;+2;2*-1. The molecule has 0 saturated carbocycles. The van der Waals surface area contributed by atoms with Gasteiger partial charge in [0, 0.05) is 0 Å². The van der Waals surface area contributed by atoms with Crippen LogP contribution in [0.4, 0.5) is 0 Å². The van der Waals surface area contributed by atoms with Crippen molar-refractivity contribution in [3.63, 3.8) is 0 Å². The summed E-state index contributed by atoms with van der Waals surface area (Å²) in [7, 11) is 0. The summed E-state index contributed by atoms with van der Waals surface area (Å²) in [6.07, 6.45) is 0. The normalized spacial score (nSPS) is 8.45. The van der Waals surface area contributed by atoms with E-state index in [0.29, 0.717) is 5.56 Å². The van der Waals surface area contributed by atoms with Crippen molar-refractivity contribution in [2.45, 2.75) is 6.92 Å². The van der Waals surface area contributed by atoms with Crippen LogP contribution in [0, 0.1) is 6.92 Å². The molecule has 0 atom stereocenters. The number of hydrogen-bond donors (Lipinski definition) is 1. The Morgan fingerprint density at radius 2 is 2.18 bits per heavy atom. The third-order valence-electron chi connectivity index (χ3n) is 1.27. The van der Waals surface area contributed by atoms with Gasteiger partial charge in [-0.05, 0) is 19.1 Å². The molecule has 2 nitrogen and oxygen atoms in total. The molecule has 0 heterocycles. The van der Waals surface area contributed by atoms with Gasteiger partial charge in [0.05, 0.1) is 5.56 Å².